The van der Waals surface area contributed by atoms with E-state index in [9.17, 15) is 0 Å². The lowest BCUT2D eigenvalue weighted by Crippen LogP contribution is -2.54. The molecule has 0 saturated carbocycles. The van der Waals surface area contributed by atoms with Crippen LogP contribution in [-0.4, -0.2) is 19.7 Å². The van der Waals surface area contributed by atoms with Crippen molar-refractivity contribution in [1.29, 1.82) is 0 Å². The number of hydrogen-bond donors (Lipinski definition) is 1. The highest BCUT2D eigenvalue weighted by atomic mass is 16.5. The molecule has 0 unspecified atom stereocenters. The minimum absolute atomic E-state index is 0.363. The Kier molecular flexibility index (Phi) is 4.00. The molecule has 1 aliphatic heterocycles. The number of nitrogens with one attached hydrogen (secondary N) is 1. The van der Waals surface area contributed by atoms with Crippen LogP contribution in [0.15, 0.2) is 18.2 Å². The number of piperidine rings is 1. The van der Waals surface area contributed by atoms with Gasteiger partial charge < -0.3 is 10.1 Å². The summed E-state index contributed by atoms with van der Waals surface area (Å²) in [5.74, 6) is 2.47. The van der Waals surface area contributed by atoms with Crippen molar-refractivity contribution in [3.63, 3.8) is 0 Å². The fourth-order valence-electron chi connectivity index (χ4n) is 4.89. The summed E-state index contributed by atoms with van der Waals surface area (Å²) in [6.07, 6.45) is 5.01. The van der Waals surface area contributed by atoms with Gasteiger partial charge in [0.05, 0.1) is 7.11 Å². The summed E-state index contributed by atoms with van der Waals surface area (Å²) in [7, 11) is 1.77. The molecule has 0 amide bonds. The molecule has 3 atom stereocenters. The number of hydrogen-bond acceptors (Lipinski definition) is 2. The van der Waals surface area contributed by atoms with Crippen LogP contribution in [0.25, 0.3) is 0 Å². The molecule has 0 radical (unpaired) electrons. The molecule has 1 N–H and O–H groups in total. The normalized spacial score (nSPS) is 31.1. The molecule has 2 bridgehead atoms. The van der Waals surface area contributed by atoms with E-state index in [2.05, 4.69) is 44.3 Å². The van der Waals surface area contributed by atoms with Crippen LogP contribution in [0.2, 0.25) is 0 Å². The molecule has 2 aliphatic rings. The number of rotatable bonds is 4. The van der Waals surface area contributed by atoms with Crippen LogP contribution in [-0.2, 0) is 6.42 Å². The van der Waals surface area contributed by atoms with Gasteiger partial charge in [0.1, 0.15) is 5.75 Å². The molecule has 1 aromatic rings. The molecule has 2 heteroatoms. The maximum Gasteiger partial charge on any atom is 0.119 e. The standard InChI is InChI=1S/C19H29NO/c1-5-14(6-2)19(3)12-20-15-9-13-7-8-16(21-4)11-17(13)18(19)10-15/h7-8,11,14-15,18,20H,5-6,9-10,12H2,1-4H3/t15-,18+,19+/m1/s1. The molecule has 116 valence electrons. The summed E-state index contributed by atoms with van der Waals surface area (Å²) >= 11 is 0. The van der Waals surface area contributed by atoms with Gasteiger partial charge in [-0.1, -0.05) is 39.7 Å². The van der Waals surface area contributed by atoms with Crippen molar-refractivity contribution >= 4 is 0 Å². The van der Waals surface area contributed by atoms with Gasteiger partial charge in [0.25, 0.3) is 0 Å². The van der Waals surface area contributed by atoms with Crippen LogP contribution >= 0.6 is 0 Å². The quantitative estimate of drug-likeness (QED) is 0.898. The highest BCUT2D eigenvalue weighted by molar-refractivity contribution is 5.42. The van der Waals surface area contributed by atoms with E-state index in [1.165, 1.54) is 31.2 Å². The smallest absolute Gasteiger partial charge is 0.119 e. The number of benzene rings is 1. The van der Waals surface area contributed by atoms with Gasteiger partial charge >= 0.3 is 0 Å². The summed E-state index contributed by atoms with van der Waals surface area (Å²) in [5.41, 5.74) is 3.45. The molecule has 1 heterocycles. The Morgan fingerprint density at radius 2 is 2.10 bits per heavy atom. The third-order valence-electron chi connectivity index (χ3n) is 6.20. The van der Waals surface area contributed by atoms with Crippen LogP contribution in [0.5, 0.6) is 5.75 Å². The van der Waals surface area contributed by atoms with Crippen molar-refractivity contribution in [1.82, 2.24) is 5.32 Å². The fraction of sp³-hybridized carbons (Fsp3) is 0.684. The summed E-state index contributed by atoms with van der Waals surface area (Å²) in [5, 5.41) is 3.83. The van der Waals surface area contributed by atoms with E-state index in [-0.39, 0.29) is 0 Å². The zero-order chi connectivity index (χ0) is 15.0. The summed E-state index contributed by atoms with van der Waals surface area (Å²) in [4.78, 5) is 0. The van der Waals surface area contributed by atoms with Gasteiger partial charge in [-0.15, -0.1) is 0 Å². The lowest BCUT2D eigenvalue weighted by atomic mass is 9.57. The largest absolute Gasteiger partial charge is 0.497 e. The highest BCUT2D eigenvalue weighted by Crippen LogP contribution is 2.52. The van der Waals surface area contributed by atoms with E-state index >= 15 is 0 Å². The van der Waals surface area contributed by atoms with Crippen LogP contribution in [0.3, 0.4) is 0 Å². The van der Waals surface area contributed by atoms with Crippen molar-refractivity contribution in [3.8, 4) is 5.75 Å². The second-order valence-electron chi connectivity index (χ2n) is 7.15. The highest BCUT2D eigenvalue weighted by Gasteiger charge is 2.47. The van der Waals surface area contributed by atoms with Crippen LogP contribution < -0.4 is 10.1 Å². The second-order valence-corrected chi connectivity index (χ2v) is 7.15. The molecule has 0 aromatic heterocycles. The third-order valence-corrected chi connectivity index (χ3v) is 6.20. The molecular formula is C19H29NO. The Labute approximate surface area is 129 Å². The summed E-state index contributed by atoms with van der Waals surface area (Å²) < 4.78 is 5.48. The molecule has 1 saturated heterocycles. The minimum atomic E-state index is 0.363. The lowest BCUT2D eigenvalue weighted by molar-refractivity contribution is 0.0709. The van der Waals surface area contributed by atoms with Crippen molar-refractivity contribution in [3.05, 3.63) is 29.3 Å². The molecule has 3 rings (SSSR count). The number of methoxy groups -OCH3 is 1. The van der Waals surface area contributed by atoms with E-state index in [0.717, 1.165) is 18.2 Å². The van der Waals surface area contributed by atoms with E-state index < -0.39 is 0 Å². The molecule has 1 aliphatic carbocycles. The third kappa shape index (κ3) is 2.38. The van der Waals surface area contributed by atoms with E-state index in [0.29, 0.717) is 17.4 Å². The van der Waals surface area contributed by atoms with Gasteiger partial charge in [0, 0.05) is 12.6 Å². The van der Waals surface area contributed by atoms with Gasteiger partial charge in [-0.05, 0) is 53.4 Å². The van der Waals surface area contributed by atoms with E-state index in [4.69, 9.17) is 4.74 Å². The first-order valence-corrected chi connectivity index (χ1v) is 8.52. The van der Waals surface area contributed by atoms with Gasteiger partial charge in [-0.25, -0.2) is 0 Å². The molecule has 1 aromatic carbocycles. The van der Waals surface area contributed by atoms with Crippen molar-refractivity contribution < 1.29 is 4.74 Å². The van der Waals surface area contributed by atoms with Gasteiger partial charge in [-0.3, -0.25) is 0 Å². The Balaban J connectivity index is 2.04. The van der Waals surface area contributed by atoms with Crippen molar-refractivity contribution in [2.45, 2.75) is 58.4 Å². The molecule has 2 nitrogen and oxygen atoms in total. The zero-order valence-corrected chi connectivity index (χ0v) is 13.9. The predicted octanol–water partition coefficient (Wildman–Crippen LogP) is 4.14. The fourth-order valence-corrected chi connectivity index (χ4v) is 4.89. The predicted molar refractivity (Wildman–Crippen MR) is 88.0 cm³/mol. The molecule has 1 fully saturated rings. The Bertz CT molecular complexity index is 508. The van der Waals surface area contributed by atoms with E-state index in [1.54, 1.807) is 12.7 Å². The average molecular weight is 287 g/mol. The van der Waals surface area contributed by atoms with Crippen LogP contribution in [0.4, 0.5) is 0 Å². The Morgan fingerprint density at radius 1 is 1.33 bits per heavy atom. The van der Waals surface area contributed by atoms with Gasteiger partial charge in [0.2, 0.25) is 0 Å². The van der Waals surface area contributed by atoms with E-state index in [1.807, 2.05) is 0 Å². The van der Waals surface area contributed by atoms with Crippen LogP contribution in [0.1, 0.15) is 57.1 Å². The monoisotopic (exact) mass is 287 g/mol. The Hall–Kier alpha value is -1.02. The summed E-state index contributed by atoms with van der Waals surface area (Å²) in [6.45, 7) is 8.36. The SMILES string of the molecule is CCC(CC)[C@]1(C)CN[C@@H]2Cc3ccc(OC)cc3[C@@H]1C2. The first kappa shape index (κ1) is 14.9. The lowest BCUT2D eigenvalue weighted by Gasteiger charge is -2.52. The van der Waals surface area contributed by atoms with Gasteiger partial charge in [0.15, 0.2) is 0 Å². The number of fused-ring (bicyclic) bond motifs is 4. The topological polar surface area (TPSA) is 21.3 Å². The first-order valence-electron chi connectivity index (χ1n) is 8.52. The average Bonchev–Trinajstić information content (AvgIpc) is 2.52. The molecule has 21 heavy (non-hydrogen) atoms. The van der Waals surface area contributed by atoms with Crippen molar-refractivity contribution in [2.24, 2.45) is 11.3 Å². The van der Waals surface area contributed by atoms with Gasteiger partial charge in [-0.2, -0.15) is 0 Å². The summed E-state index contributed by atoms with van der Waals surface area (Å²) in [6, 6.07) is 7.38. The van der Waals surface area contributed by atoms with Crippen molar-refractivity contribution in [2.75, 3.05) is 13.7 Å². The maximum absolute atomic E-state index is 5.48. The zero-order valence-electron chi connectivity index (χ0n) is 13.9. The molecular weight excluding hydrogens is 258 g/mol. The maximum atomic E-state index is 5.48. The number of ether oxygens (including phenoxy) is 1. The Morgan fingerprint density at radius 3 is 2.76 bits per heavy atom. The second kappa shape index (κ2) is 5.64. The minimum Gasteiger partial charge on any atom is -0.497 e. The van der Waals surface area contributed by atoms with Crippen LogP contribution in [0, 0.1) is 11.3 Å². The first-order chi connectivity index (χ1) is 10.1. The molecule has 0 spiro atoms.